The zero-order chi connectivity index (χ0) is 23.5. The zero-order valence-electron chi connectivity index (χ0n) is 19.3. The molecule has 34 heavy (non-hydrogen) atoms. The molecule has 0 bridgehead atoms. The molecule has 0 N–H and O–H groups in total. The van der Waals surface area contributed by atoms with Crippen molar-refractivity contribution in [3.63, 3.8) is 0 Å². The highest BCUT2D eigenvalue weighted by atomic mass is 32.2. The van der Waals surface area contributed by atoms with E-state index in [1.807, 2.05) is 23.1 Å². The Morgan fingerprint density at radius 1 is 0.824 bits per heavy atom. The first-order chi connectivity index (χ1) is 16.5. The van der Waals surface area contributed by atoms with Crippen LogP contribution < -0.4 is 9.47 Å². The Morgan fingerprint density at radius 2 is 1.56 bits per heavy atom. The van der Waals surface area contributed by atoms with Gasteiger partial charge in [0.2, 0.25) is 16.8 Å². The van der Waals surface area contributed by atoms with Crippen molar-refractivity contribution in [3.05, 3.63) is 53.6 Å². The average Bonchev–Trinajstić information content (AvgIpc) is 3.14. The molecule has 2 aromatic carbocycles. The van der Waals surface area contributed by atoms with Crippen molar-refractivity contribution < 1.29 is 22.7 Å². The van der Waals surface area contributed by atoms with Crippen molar-refractivity contribution in [1.29, 1.82) is 0 Å². The molecule has 9 heteroatoms. The fourth-order valence-electron chi connectivity index (χ4n) is 4.81. The third-order valence-corrected chi connectivity index (χ3v) is 8.68. The monoisotopic (exact) mass is 485 g/mol. The Balaban J connectivity index is 1.21. The van der Waals surface area contributed by atoms with E-state index in [1.54, 1.807) is 28.6 Å². The van der Waals surface area contributed by atoms with Crippen LogP contribution in [0.15, 0.2) is 47.4 Å². The summed E-state index contributed by atoms with van der Waals surface area (Å²) in [5.74, 6) is 1.44. The van der Waals surface area contributed by atoms with Crippen molar-refractivity contribution in [2.75, 3.05) is 46.1 Å². The molecule has 182 valence electrons. The largest absolute Gasteiger partial charge is 0.454 e. The van der Waals surface area contributed by atoms with Crippen LogP contribution in [0.4, 0.5) is 0 Å². The van der Waals surface area contributed by atoms with Crippen molar-refractivity contribution in [3.8, 4) is 11.5 Å². The van der Waals surface area contributed by atoms with E-state index in [0.717, 1.165) is 62.4 Å². The van der Waals surface area contributed by atoms with Gasteiger partial charge in [0.05, 0.1) is 4.90 Å². The van der Waals surface area contributed by atoms with Gasteiger partial charge in [-0.25, -0.2) is 8.42 Å². The predicted octanol–water partition coefficient (Wildman–Crippen LogP) is 2.94. The van der Waals surface area contributed by atoms with Gasteiger partial charge in [0.15, 0.2) is 11.5 Å². The van der Waals surface area contributed by atoms with Gasteiger partial charge in [0.25, 0.3) is 5.91 Å². The summed E-state index contributed by atoms with van der Waals surface area (Å²) in [5.41, 5.74) is 1.58. The molecule has 3 aliphatic heterocycles. The van der Waals surface area contributed by atoms with Crippen LogP contribution in [0, 0.1) is 0 Å². The Hall–Kier alpha value is -2.62. The number of rotatable bonds is 5. The van der Waals surface area contributed by atoms with E-state index in [2.05, 4.69) is 4.90 Å². The van der Waals surface area contributed by atoms with Crippen molar-refractivity contribution in [2.45, 2.75) is 37.1 Å². The van der Waals surface area contributed by atoms with Gasteiger partial charge in [-0.1, -0.05) is 25.0 Å². The minimum Gasteiger partial charge on any atom is -0.454 e. The molecular formula is C25H31N3O5S. The van der Waals surface area contributed by atoms with Gasteiger partial charge in [-0.05, 0) is 48.7 Å². The number of benzene rings is 2. The number of fused-ring (bicyclic) bond motifs is 1. The maximum absolute atomic E-state index is 13.2. The third-order valence-electron chi connectivity index (χ3n) is 6.79. The lowest BCUT2D eigenvalue weighted by Crippen LogP contribution is -2.48. The number of hydrogen-bond acceptors (Lipinski definition) is 6. The molecule has 0 aromatic heterocycles. The normalized spacial score (nSPS) is 19.7. The van der Waals surface area contributed by atoms with E-state index in [-0.39, 0.29) is 17.6 Å². The quantitative estimate of drug-likeness (QED) is 0.648. The molecule has 0 saturated carbocycles. The number of hydrogen-bond donors (Lipinski definition) is 0. The SMILES string of the molecule is O=C(c1cccc(S(=O)(=O)N2CCCCCC2)c1)N1CCN(Cc2ccc3c(c2)OCO3)CC1. The van der Waals surface area contributed by atoms with Crippen LogP contribution in [0.5, 0.6) is 11.5 Å². The molecule has 2 saturated heterocycles. The van der Waals surface area contributed by atoms with E-state index in [9.17, 15) is 13.2 Å². The highest BCUT2D eigenvalue weighted by molar-refractivity contribution is 7.89. The molecule has 2 aromatic rings. The summed E-state index contributed by atoms with van der Waals surface area (Å²) < 4.78 is 38.7. The van der Waals surface area contributed by atoms with Crippen LogP contribution in [0.2, 0.25) is 0 Å². The summed E-state index contributed by atoms with van der Waals surface area (Å²) in [7, 11) is -3.58. The van der Waals surface area contributed by atoms with Crippen molar-refractivity contribution >= 4 is 15.9 Å². The molecule has 0 unspecified atom stereocenters. The molecule has 0 radical (unpaired) electrons. The standard InChI is InChI=1S/C25H31N3O5S/c29-25(21-6-5-7-22(17-21)34(30,31)28-10-3-1-2-4-11-28)27-14-12-26(13-15-27)18-20-8-9-23-24(16-20)33-19-32-23/h5-9,16-17H,1-4,10-15,18-19H2. The lowest BCUT2D eigenvalue weighted by atomic mass is 10.1. The first-order valence-electron chi connectivity index (χ1n) is 12.0. The number of carbonyl (C=O) groups is 1. The van der Waals surface area contributed by atoms with Gasteiger partial charge < -0.3 is 14.4 Å². The van der Waals surface area contributed by atoms with E-state index in [4.69, 9.17) is 9.47 Å². The van der Waals surface area contributed by atoms with Crippen LogP contribution in [-0.2, 0) is 16.6 Å². The highest BCUT2D eigenvalue weighted by Gasteiger charge is 2.27. The predicted molar refractivity (Wildman–Crippen MR) is 127 cm³/mol. The summed E-state index contributed by atoms with van der Waals surface area (Å²) in [6.45, 7) is 4.86. The average molecular weight is 486 g/mol. The topological polar surface area (TPSA) is 79.4 Å². The third kappa shape index (κ3) is 4.92. The summed E-state index contributed by atoms with van der Waals surface area (Å²) in [6, 6.07) is 12.5. The number of carbonyl (C=O) groups excluding carboxylic acids is 1. The van der Waals surface area contributed by atoms with E-state index in [1.165, 1.54) is 0 Å². The van der Waals surface area contributed by atoms with Gasteiger partial charge in [-0.15, -0.1) is 0 Å². The number of amides is 1. The Morgan fingerprint density at radius 3 is 2.32 bits per heavy atom. The maximum atomic E-state index is 13.2. The molecule has 0 atom stereocenters. The Labute approximate surface area is 201 Å². The van der Waals surface area contributed by atoms with Crippen molar-refractivity contribution in [2.24, 2.45) is 0 Å². The fraction of sp³-hybridized carbons (Fsp3) is 0.480. The van der Waals surface area contributed by atoms with E-state index < -0.39 is 10.0 Å². The smallest absolute Gasteiger partial charge is 0.253 e. The fourth-order valence-corrected chi connectivity index (χ4v) is 6.37. The lowest BCUT2D eigenvalue weighted by molar-refractivity contribution is 0.0628. The highest BCUT2D eigenvalue weighted by Crippen LogP contribution is 2.33. The number of piperazine rings is 1. The van der Waals surface area contributed by atoms with Crippen LogP contribution in [0.3, 0.4) is 0 Å². The van der Waals surface area contributed by atoms with E-state index in [0.29, 0.717) is 31.7 Å². The second-order valence-corrected chi connectivity index (χ2v) is 11.0. The second kappa shape index (κ2) is 9.93. The van der Waals surface area contributed by atoms with Gasteiger partial charge in [0.1, 0.15) is 0 Å². The molecule has 0 spiro atoms. The molecule has 3 heterocycles. The molecule has 5 rings (SSSR count). The van der Waals surface area contributed by atoms with Gasteiger partial charge in [0, 0.05) is 51.4 Å². The molecule has 1 amide bonds. The first-order valence-corrected chi connectivity index (χ1v) is 13.4. The summed E-state index contributed by atoms with van der Waals surface area (Å²) in [4.78, 5) is 17.5. The van der Waals surface area contributed by atoms with Crippen LogP contribution in [0.1, 0.15) is 41.6 Å². The summed E-state index contributed by atoms with van der Waals surface area (Å²) in [5, 5.41) is 0. The molecular weight excluding hydrogens is 454 g/mol. The van der Waals surface area contributed by atoms with Crippen LogP contribution >= 0.6 is 0 Å². The van der Waals surface area contributed by atoms with Gasteiger partial charge in [-0.3, -0.25) is 9.69 Å². The van der Waals surface area contributed by atoms with Gasteiger partial charge in [-0.2, -0.15) is 4.31 Å². The summed E-state index contributed by atoms with van der Waals surface area (Å²) >= 11 is 0. The second-order valence-electron chi connectivity index (χ2n) is 9.10. The Kier molecular flexibility index (Phi) is 6.76. The minimum atomic E-state index is -3.58. The molecule has 2 fully saturated rings. The number of nitrogens with zero attached hydrogens (tertiary/aromatic N) is 3. The molecule has 3 aliphatic rings. The van der Waals surface area contributed by atoms with Gasteiger partial charge >= 0.3 is 0 Å². The summed E-state index contributed by atoms with van der Waals surface area (Å²) in [6.07, 6.45) is 3.89. The van der Waals surface area contributed by atoms with Crippen LogP contribution in [-0.4, -0.2) is 74.5 Å². The Bertz CT molecular complexity index is 1140. The number of sulfonamides is 1. The van der Waals surface area contributed by atoms with Crippen molar-refractivity contribution in [1.82, 2.24) is 14.1 Å². The van der Waals surface area contributed by atoms with Crippen LogP contribution in [0.25, 0.3) is 0 Å². The molecule has 8 nitrogen and oxygen atoms in total. The first kappa shape index (κ1) is 23.1. The zero-order valence-corrected chi connectivity index (χ0v) is 20.1. The molecule has 0 aliphatic carbocycles. The number of ether oxygens (including phenoxy) is 2. The lowest BCUT2D eigenvalue weighted by Gasteiger charge is -2.35. The maximum Gasteiger partial charge on any atom is 0.253 e. The minimum absolute atomic E-state index is 0.115. The van der Waals surface area contributed by atoms with E-state index >= 15 is 0 Å².